The Morgan fingerprint density at radius 1 is 0.818 bits per heavy atom. The van der Waals surface area contributed by atoms with Gasteiger partial charge in [-0.2, -0.15) is 0 Å². The summed E-state index contributed by atoms with van der Waals surface area (Å²) in [6, 6.07) is 0. The van der Waals surface area contributed by atoms with Crippen molar-refractivity contribution < 1.29 is 4.79 Å². The zero-order valence-corrected chi connectivity index (χ0v) is 14.4. The lowest BCUT2D eigenvalue weighted by Gasteiger charge is -2.13. The molecule has 0 bridgehead atoms. The van der Waals surface area contributed by atoms with Gasteiger partial charge in [-0.3, -0.25) is 10.2 Å². The van der Waals surface area contributed by atoms with Crippen LogP contribution in [-0.4, -0.2) is 16.9 Å². The molecular weight excluding hydrogens is 276 g/mol. The highest BCUT2D eigenvalue weighted by molar-refractivity contribution is 5.93. The monoisotopic (exact) mass is 312 g/mol. The van der Waals surface area contributed by atoms with Crippen LogP contribution in [0.1, 0.15) is 96.8 Å². The largest absolute Gasteiger partial charge is 0.369 e. The van der Waals surface area contributed by atoms with E-state index in [9.17, 15) is 4.79 Å². The second-order valence-electron chi connectivity index (χ2n) is 6.14. The van der Waals surface area contributed by atoms with Crippen molar-refractivity contribution in [2.45, 2.75) is 96.8 Å². The minimum absolute atomic E-state index is 0.268. The Hall–Kier alpha value is -1.10. The van der Waals surface area contributed by atoms with Gasteiger partial charge in [0, 0.05) is 6.42 Å². The Balaban J connectivity index is 3.21. The molecule has 130 valence electrons. The third kappa shape index (κ3) is 12.6. The van der Waals surface area contributed by atoms with E-state index in [1.54, 1.807) is 0 Å². The summed E-state index contributed by atoms with van der Waals surface area (Å²) < 4.78 is 0. The fourth-order valence-electron chi connectivity index (χ4n) is 2.55. The summed E-state index contributed by atoms with van der Waals surface area (Å²) in [6.07, 6.45) is 17.0. The fraction of sp³-hybridized carbons (Fsp3) is 0.882. The van der Waals surface area contributed by atoms with E-state index in [4.69, 9.17) is 17.0 Å². The molecule has 0 saturated carbocycles. The third-order valence-corrected chi connectivity index (χ3v) is 4.02. The summed E-state index contributed by atoms with van der Waals surface area (Å²) >= 11 is 0. The number of nitrogens with one attached hydrogen (secondary N) is 1. The summed E-state index contributed by atoms with van der Waals surface area (Å²) in [7, 11) is 0. The number of hydrogen-bond acceptors (Lipinski definition) is 3. The number of carbonyl (C=O) groups is 1. The van der Waals surface area contributed by atoms with Gasteiger partial charge in [0.25, 0.3) is 0 Å². The summed E-state index contributed by atoms with van der Waals surface area (Å²) in [6.45, 7) is 2.26. The molecule has 0 unspecified atom stereocenters. The first kappa shape index (κ1) is 20.9. The molecule has 1 amide bonds. The summed E-state index contributed by atoms with van der Waals surface area (Å²) in [5, 5.41) is 7.79. The van der Waals surface area contributed by atoms with Gasteiger partial charge >= 0.3 is 0 Å². The third-order valence-electron chi connectivity index (χ3n) is 4.02. The van der Waals surface area contributed by atoms with Crippen LogP contribution in [0.15, 0.2) is 0 Å². The van der Waals surface area contributed by atoms with Crippen LogP contribution in [0.2, 0.25) is 0 Å². The average molecular weight is 313 g/mol. The van der Waals surface area contributed by atoms with Gasteiger partial charge in [-0.25, -0.2) is 10.9 Å². The van der Waals surface area contributed by atoms with Crippen molar-refractivity contribution in [1.29, 1.82) is 5.41 Å². The molecule has 0 aliphatic heterocycles. The maximum Gasteiger partial charge on any atom is 0.243 e. The predicted octanol–water partition coefficient (Wildman–Crippen LogP) is 4.06. The van der Waals surface area contributed by atoms with Crippen molar-refractivity contribution in [2.24, 2.45) is 11.6 Å². The van der Waals surface area contributed by atoms with E-state index in [0.29, 0.717) is 6.42 Å². The number of hydrogen-bond donors (Lipinski definition) is 3. The number of amides is 1. The number of hydrazine groups is 1. The lowest BCUT2D eigenvalue weighted by molar-refractivity contribution is -0.127. The van der Waals surface area contributed by atoms with E-state index in [1.807, 2.05) is 0 Å². The second kappa shape index (κ2) is 14.8. The zero-order valence-electron chi connectivity index (χ0n) is 14.4. The molecule has 22 heavy (non-hydrogen) atoms. The Morgan fingerprint density at radius 3 is 1.55 bits per heavy atom. The molecule has 0 saturated heterocycles. The molecule has 0 aromatic carbocycles. The van der Waals surface area contributed by atoms with E-state index in [-0.39, 0.29) is 11.9 Å². The van der Waals surface area contributed by atoms with Crippen LogP contribution in [0.3, 0.4) is 0 Å². The SMILES string of the molecule is CCCCCCCCCCCCCCCC(=O)N(N)C(=N)N. The lowest BCUT2D eigenvalue weighted by Crippen LogP contribution is -2.46. The van der Waals surface area contributed by atoms with Crippen LogP contribution in [0.5, 0.6) is 0 Å². The van der Waals surface area contributed by atoms with Gasteiger partial charge in [-0.1, -0.05) is 84.0 Å². The molecule has 0 aliphatic rings. The fourth-order valence-corrected chi connectivity index (χ4v) is 2.55. The van der Waals surface area contributed by atoms with Crippen LogP contribution in [0.4, 0.5) is 0 Å². The molecule has 0 heterocycles. The van der Waals surface area contributed by atoms with E-state index in [0.717, 1.165) is 17.9 Å². The van der Waals surface area contributed by atoms with E-state index < -0.39 is 0 Å². The number of guanidine groups is 1. The number of nitrogens with zero attached hydrogens (tertiary/aromatic N) is 1. The van der Waals surface area contributed by atoms with Gasteiger partial charge in [0.1, 0.15) is 0 Å². The van der Waals surface area contributed by atoms with Gasteiger partial charge in [0.2, 0.25) is 11.9 Å². The average Bonchev–Trinajstić information content (AvgIpc) is 2.50. The highest BCUT2D eigenvalue weighted by Gasteiger charge is 2.10. The zero-order chi connectivity index (χ0) is 16.6. The van der Waals surface area contributed by atoms with Crippen LogP contribution in [0, 0.1) is 5.41 Å². The summed E-state index contributed by atoms with van der Waals surface area (Å²) in [5.41, 5.74) is 5.14. The Labute approximate surface area is 136 Å². The Bertz CT molecular complexity index is 294. The summed E-state index contributed by atoms with van der Waals surface area (Å²) in [5.74, 6) is 4.68. The van der Waals surface area contributed by atoms with Crippen molar-refractivity contribution in [3.8, 4) is 0 Å². The number of rotatable bonds is 14. The first-order chi connectivity index (χ1) is 10.6. The molecule has 5 heteroatoms. The van der Waals surface area contributed by atoms with Crippen LogP contribution in [0.25, 0.3) is 0 Å². The standard InChI is InChI=1S/C17H36N4O/c1-2-3-4-5-6-7-8-9-10-11-12-13-14-15-16(22)21(20)17(18)19/h2-15,20H2,1H3,(H3,18,19). The first-order valence-corrected chi connectivity index (χ1v) is 9.01. The van der Waals surface area contributed by atoms with Gasteiger partial charge < -0.3 is 5.73 Å². The van der Waals surface area contributed by atoms with Crippen molar-refractivity contribution in [2.75, 3.05) is 0 Å². The Morgan fingerprint density at radius 2 is 1.18 bits per heavy atom. The highest BCUT2D eigenvalue weighted by Crippen LogP contribution is 2.13. The van der Waals surface area contributed by atoms with Crippen molar-refractivity contribution in [3.63, 3.8) is 0 Å². The molecule has 0 aromatic rings. The van der Waals surface area contributed by atoms with Crippen molar-refractivity contribution >= 4 is 11.9 Å². The van der Waals surface area contributed by atoms with Crippen LogP contribution in [-0.2, 0) is 4.79 Å². The topological polar surface area (TPSA) is 96.2 Å². The molecule has 5 N–H and O–H groups in total. The number of carbonyl (C=O) groups excluding carboxylic acids is 1. The molecule has 0 fully saturated rings. The van der Waals surface area contributed by atoms with E-state index >= 15 is 0 Å². The minimum atomic E-state index is -0.389. The van der Waals surface area contributed by atoms with Crippen LogP contribution >= 0.6 is 0 Å². The molecule has 0 aliphatic carbocycles. The molecule has 0 spiro atoms. The second-order valence-corrected chi connectivity index (χ2v) is 6.14. The van der Waals surface area contributed by atoms with Gasteiger partial charge in [-0.05, 0) is 6.42 Å². The predicted molar refractivity (Wildman–Crippen MR) is 93.3 cm³/mol. The highest BCUT2D eigenvalue weighted by atomic mass is 16.2. The van der Waals surface area contributed by atoms with Gasteiger partial charge in [0.05, 0.1) is 0 Å². The van der Waals surface area contributed by atoms with Crippen molar-refractivity contribution in [3.05, 3.63) is 0 Å². The molecular formula is C17H36N4O. The lowest BCUT2D eigenvalue weighted by atomic mass is 10.0. The smallest absolute Gasteiger partial charge is 0.243 e. The normalized spacial score (nSPS) is 10.6. The van der Waals surface area contributed by atoms with Crippen molar-refractivity contribution in [1.82, 2.24) is 5.01 Å². The van der Waals surface area contributed by atoms with E-state index in [2.05, 4.69) is 6.92 Å². The maximum absolute atomic E-state index is 11.5. The van der Waals surface area contributed by atoms with Crippen LogP contribution < -0.4 is 11.6 Å². The molecule has 5 nitrogen and oxygen atoms in total. The van der Waals surface area contributed by atoms with Gasteiger partial charge in [-0.15, -0.1) is 0 Å². The molecule has 0 atom stereocenters. The maximum atomic E-state index is 11.5. The molecule has 0 aromatic heterocycles. The van der Waals surface area contributed by atoms with Gasteiger partial charge in [0.15, 0.2) is 0 Å². The molecule has 0 radical (unpaired) electrons. The number of unbranched alkanes of at least 4 members (excludes halogenated alkanes) is 12. The quantitative estimate of drug-likeness (QED) is 0.113. The minimum Gasteiger partial charge on any atom is -0.369 e. The first-order valence-electron chi connectivity index (χ1n) is 9.01. The summed E-state index contributed by atoms with van der Waals surface area (Å²) in [4.78, 5) is 11.5. The number of nitrogens with two attached hydrogens (primary N) is 2. The Kier molecular flexibility index (Phi) is 14.1. The molecule has 0 rings (SSSR count). The van der Waals surface area contributed by atoms with E-state index in [1.165, 1.54) is 70.6 Å².